The van der Waals surface area contributed by atoms with Crippen molar-refractivity contribution in [1.82, 2.24) is 0 Å². The number of rotatable bonds is 3. The maximum absolute atomic E-state index is 6.28. The first-order valence-corrected chi connectivity index (χ1v) is 7.47. The molecule has 1 unspecified atom stereocenters. The molecule has 0 radical (unpaired) electrons. The average Bonchev–Trinajstić information content (AvgIpc) is 2.97. The van der Waals surface area contributed by atoms with E-state index in [1.165, 1.54) is 25.7 Å². The molecule has 2 nitrogen and oxygen atoms in total. The van der Waals surface area contributed by atoms with Gasteiger partial charge in [0, 0.05) is 5.39 Å². The molecule has 2 N–H and O–H groups in total. The highest BCUT2D eigenvalue weighted by molar-refractivity contribution is 9.10. The lowest BCUT2D eigenvalue weighted by Crippen LogP contribution is -2.13. The van der Waals surface area contributed by atoms with Gasteiger partial charge in [-0.3, -0.25) is 0 Å². The van der Waals surface area contributed by atoms with Crippen LogP contribution in [0.15, 0.2) is 33.2 Å². The number of furan rings is 1. The van der Waals surface area contributed by atoms with Crippen molar-refractivity contribution in [2.45, 2.75) is 38.1 Å². The third-order valence-electron chi connectivity index (χ3n) is 3.94. The molecule has 2 aromatic rings. The molecule has 1 saturated carbocycles. The van der Waals surface area contributed by atoms with E-state index in [9.17, 15) is 0 Å². The summed E-state index contributed by atoms with van der Waals surface area (Å²) < 4.78 is 6.90. The van der Waals surface area contributed by atoms with E-state index in [4.69, 9.17) is 10.2 Å². The fourth-order valence-corrected chi connectivity index (χ4v) is 3.41. The normalized spacial score (nSPS) is 18.6. The van der Waals surface area contributed by atoms with E-state index in [0.717, 1.165) is 33.5 Å². The van der Waals surface area contributed by atoms with Crippen molar-refractivity contribution < 1.29 is 4.42 Å². The lowest BCUT2D eigenvalue weighted by Gasteiger charge is -2.13. The van der Waals surface area contributed by atoms with Gasteiger partial charge >= 0.3 is 0 Å². The van der Waals surface area contributed by atoms with Crippen LogP contribution in [0.4, 0.5) is 0 Å². The summed E-state index contributed by atoms with van der Waals surface area (Å²) in [6.07, 6.45) is 6.44. The molecule has 3 rings (SSSR count). The quantitative estimate of drug-likeness (QED) is 0.886. The average molecular weight is 308 g/mol. The van der Waals surface area contributed by atoms with E-state index < -0.39 is 0 Å². The molecule has 1 aromatic carbocycles. The Kier molecular flexibility index (Phi) is 3.44. The standard InChI is InChI=1S/C15H18BrNO/c16-12-7-3-6-11-9-14(18-15(11)12)13(17)8-10-4-1-2-5-10/h3,6-7,9-10,13H,1-2,4-5,8,17H2. The maximum atomic E-state index is 6.28. The summed E-state index contributed by atoms with van der Waals surface area (Å²) in [4.78, 5) is 0. The van der Waals surface area contributed by atoms with Crippen molar-refractivity contribution in [2.24, 2.45) is 11.7 Å². The maximum Gasteiger partial charge on any atom is 0.148 e. The molecule has 18 heavy (non-hydrogen) atoms. The fraction of sp³-hybridized carbons (Fsp3) is 0.467. The summed E-state index contributed by atoms with van der Waals surface area (Å²) in [6.45, 7) is 0. The van der Waals surface area contributed by atoms with E-state index in [1.807, 2.05) is 12.1 Å². The molecule has 1 aromatic heterocycles. The number of para-hydroxylation sites is 1. The number of hydrogen-bond donors (Lipinski definition) is 1. The summed E-state index contributed by atoms with van der Waals surface area (Å²) in [5, 5.41) is 1.13. The molecule has 1 fully saturated rings. The molecule has 0 spiro atoms. The van der Waals surface area contributed by atoms with Gasteiger partial charge in [0.25, 0.3) is 0 Å². The van der Waals surface area contributed by atoms with Crippen LogP contribution in [-0.4, -0.2) is 0 Å². The Bertz CT molecular complexity index is 542. The second-order valence-corrected chi connectivity index (χ2v) is 6.15. The van der Waals surface area contributed by atoms with Gasteiger partial charge in [0.15, 0.2) is 0 Å². The minimum Gasteiger partial charge on any atom is -0.458 e. The molecule has 0 aliphatic heterocycles. The van der Waals surface area contributed by atoms with Crippen LogP contribution in [0.2, 0.25) is 0 Å². The number of halogens is 1. The molecule has 3 heteroatoms. The van der Waals surface area contributed by atoms with Crippen molar-refractivity contribution >= 4 is 26.9 Å². The molecule has 1 atom stereocenters. The third-order valence-corrected chi connectivity index (χ3v) is 4.57. The van der Waals surface area contributed by atoms with Gasteiger partial charge in [-0.1, -0.05) is 37.8 Å². The van der Waals surface area contributed by atoms with Crippen molar-refractivity contribution in [3.05, 3.63) is 34.5 Å². The van der Waals surface area contributed by atoms with Crippen LogP contribution in [0.5, 0.6) is 0 Å². The van der Waals surface area contributed by atoms with Crippen LogP contribution in [0.25, 0.3) is 11.0 Å². The van der Waals surface area contributed by atoms with Crippen LogP contribution in [-0.2, 0) is 0 Å². The Balaban J connectivity index is 1.82. The molecule has 1 aliphatic rings. The first kappa shape index (κ1) is 12.2. The van der Waals surface area contributed by atoms with E-state index >= 15 is 0 Å². The predicted octanol–water partition coefficient (Wildman–Crippen LogP) is 4.78. The van der Waals surface area contributed by atoms with Crippen LogP contribution < -0.4 is 5.73 Å². The molecule has 1 aliphatic carbocycles. The fourth-order valence-electron chi connectivity index (χ4n) is 2.95. The minimum absolute atomic E-state index is 0.0346. The van der Waals surface area contributed by atoms with E-state index in [-0.39, 0.29) is 6.04 Å². The SMILES string of the molecule is NC(CC1CCCC1)c1cc2cccc(Br)c2o1. The van der Waals surface area contributed by atoms with Gasteiger partial charge in [0.2, 0.25) is 0 Å². The monoisotopic (exact) mass is 307 g/mol. The second kappa shape index (κ2) is 5.06. The van der Waals surface area contributed by atoms with Gasteiger partial charge in [0.1, 0.15) is 11.3 Å². The van der Waals surface area contributed by atoms with Crippen molar-refractivity contribution in [3.63, 3.8) is 0 Å². The largest absolute Gasteiger partial charge is 0.458 e. The summed E-state index contributed by atoms with van der Waals surface area (Å²) in [6, 6.07) is 8.20. The zero-order valence-electron chi connectivity index (χ0n) is 10.4. The summed E-state index contributed by atoms with van der Waals surface area (Å²) in [5.74, 6) is 1.71. The van der Waals surface area contributed by atoms with Crippen LogP contribution in [0, 0.1) is 5.92 Å². The van der Waals surface area contributed by atoms with E-state index in [1.54, 1.807) is 0 Å². The van der Waals surface area contributed by atoms with Crippen molar-refractivity contribution in [1.29, 1.82) is 0 Å². The highest BCUT2D eigenvalue weighted by Crippen LogP contribution is 2.35. The van der Waals surface area contributed by atoms with Gasteiger partial charge < -0.3 is 10.2 Å². The zero-order valence-corrected chi connectivity index (χ0v) is 11.9. The molecule has 1 heterocycles. The molecule has 0 saturated heterocycles. The number of nitrogens with two attached hydrogens (primary N) is 1. The third kappa shape index (κ3) is 2.34. The lowest BCUT2D eigenvalue weighted by molar-refractivity contribution is 0.401. The van der Waals surface area contributed by atoms with Gasteiger partial charge in [-0.05, 0) is 40.4 Å². The van der Waals surface area contributed by atoms with Gasteiger partial charge in [-0.25, -0.2) is 0 Å². The Labute approximate surface area is 116 Å². The topological polar surface area (TPSA) is 39.2 Å². The molecule has 0 bridgehead atoms. The van der Waals surface area contributed by atoms with Crippen molar-refractivity contribution in [2.75, 3.05) is 0 Å². The molecular formula is C15H18BrNO. The Hall–Kier alpha value is -0.800. The lowest BCUT2D eigenvalue weighted by atomic mass is 9.97. The molecule has 96 valence electrons. The highest BCUT2D eigenvalue weighted by atomic mass is 79.9. The summed E-state index contributed by atoms with van der Waals surface area (Å²) in [5.41, 5.74) is 7.19. The Morgan fingerprint density at radius 2 is 2.11 bits per heavy atom. The minimum atomic E-state index is 0.0346. The van der Waals surface area contributed by atoms with Crippen LogP contribution >= 0.6 is 15.9 Å². The van der Waals surface area contributed by atoms with Gasteiger partial charge in [0.05, 0.1) is 10.5 Å². The second-order valence-electron chi connectivity index (χ2n) is 5.30. The Morgan fingerprint density at radius 3 is 2.83 bits per heavy atom. The first-order chi connectivity index (χ1) is 8.74. The Morgan fingerprint density at radius 1 is 1.33 bits per heavy atom. The number of hydrogen-bond acceptors (Lipinski definition) is 2. The predicted molar refractivity (Wildman–Crippen MR) is 77.4 cm³/mol. The van der Waals surface area contributed by atoms with E-state index in [2.05, 4.69) is 28.1 Å². The highest BCUT2D eigenvalue weighted by Gasteiger charge is 2.21. The van der Waals surface area contributed by atoms with Gasteiger partial charge in [-0.2, -0.15) is 0 Å². The van der Waals surface area contributed by atoms with Crippen molar-refractivity contribution in [3.8, 4) is 0 Å². The summed E-state index contributed by atoms with van der Waals surface area (Å²) in [7, 11) is 0. The molecule has 0 amide bonds. The number of benzene rings is 1. The molecular weight excluding hydrogens is 290 g/mol. The van der Waals surface area contributed by atoms with Crippen LogP contribution in [0.3, 0.4) is 0 Å². The van der Waals surface area contributed by atoms with Crippen LogP contribution in [0.1, 0.15) is 43.9 Å². The first-order valence-electron chi connectivity index (χ1n) is 6.67. The summed E-state index contributed by atoms with van der Waals surface area (Å²) >= 11 is 3.51. The number of fused-ring (bicyclic) bond motifs is 1. The van der Waals surface area contributed by atoms with Gasteiger partial charge in [-0.15, -0.1) is 0 Å². The smallest absolute Gasteiger partial charge is 0.148 e. The van der Waals surface area contributed by atoms with E-state index in [0.29, 0.717) is 0 Å². The zero-order chi connectivity index (χ0) is 12.5.